The average molecular weight is 163 g/mol. The van der Waals surface area contributed by atoms with E-state index in [-0.39, 0.29) is 17.6 Å². The number of hydrogen-bond donors (Lipinski definition) is 2. The number of carbonyl (C=O) groups is 2. The van der Waals surface area contributed by atoms with Gasteiger partial charge in [-0.2, -0.15) is 0 Å². The molecule has 38 valence electrons. The van der Waals surface area contributed by atoms with Crippen molar-refractivity contribution in [3.05, 3.63) is 0 Å². The van der Waals surface area contributed by atoms with Crippen molar-refractivity contribution in [1.29, 1.82) is 0 Å². The fourth-order valence-electron chi connectivity index (χ4n) is 0. The maximum absolute atomic E-state index is 9.10. The third kappa shape index (κ3) is 5.48. The summed E-state index contributed by atoms with van der Waals surface area (Å²) in [6.45, 7) is 0. The fourth-order valence-corrected chi connectivity index (χ4v) is 0. The molecule has 0 fully saturated rings. The Kier molecular flexibility index (Phi) is 5.08. The number of carboxylic acid groups (broad SMARTS) is 2. The van der Waals surface area contributed by atoms with Gasteiger partial charge in [0.2, 0.25) is 0 Å². The Labute approximate surface area is 50.1 Å². The molecule has 0 unspecified atom stereocenters. The van der Waals surface area contributed by atoms with Crippen molar-refractivity contribution < 1.29 is 19.8 Å². The van der Waals surface area contributed by atoms with Crippen LogP contribution in [0.3, 0.4) is 0 Å². The SMILES string of the molecule is O=C(O)C(=O)O.[Ge]. The normalized spacial score (nSPS) is 6.29. The molecule has 0 heterocycles. The molecular weight excluding hydrogens is 161 g/mol. The summed E-state index contributed by atoms with van der Waals surface area (Å²) in [6, 6.07) is 0. The second-order valence-corrected chi connectivity index (χ2v) is 0.610. The molecule has 0 aromatic rings. The Balaban J connectivity index is 0. The quantitative estimate of drug-likeness (QED) is 0.346. The molecule has 7 heavy (non-hydrogen) atoms. The van der Waals surface area contributed by atoms with Crippen LogP contribution in [-0.4, -0.2) is 39.7 Å². The van der Waals surface area contributed by atoms with Gasteiger partial charge in [0.05, 0.1) is 0 Å². The first kappa shape index (κ1) is 9.70. The Bertz CT molecular complexity index is 75.7. The van der Waals surface area contributed by atoms with E-state index in [0.29, 0.717) is 0 Å². The number of carboxylic acids is 2. The zero-order chi connectivity index (χ0) is 5.15. The minimum atomic E-state index is -1.82. The van der Waals surface area contributed by atoms with Gasteiger partial charge in [-0.1, -0.05) is 0 Å². The summed E-state index contributed by atoms with van der Waals surface area (Å²) in [5, 5.41) is 14.8. The van der Waals surface area contributed by atoms with Crippen LogP contribution in [-0.2, 0) is 9.59 Å². The summed E-state index contributed by atoms with van der Waals surface area (Å²) in [7, 11) is 0. The van der Waals surface area contributed by atoms with Gasteiger partial charge in [-0.05, 0) is 0 Å². The molecule has 4 nitrogen and oxygen atoms in total. The van der Waals surface area contributed by atoms with E-state index in [9.17, 15) is 0 Å². The molecule has 0 bridgehead atoms. The molecule has 0 aromatic carbocycles. The number of hydrogen-bond acceptors (Lipinski definition) is 2. The zero-order valence-corrected chi connectivity index (χ0v) is 5.31. The third-order valence-electron chi connectivity index (χ3n) is 0.183. The molecule has 4 radical (unpaired) electrons. The van der Waals surface area contributed by atoms with Crippen molar-refractivity contribution in [2.75, 3.05) is 0 Å². The molecule has 0 rings (SSSR count). The maximum atomic E-state index is 9.10. The van der Waals surface area contributed by atoms with Crippen LogP contribution in [0, 0.1) is 0 Å². The van der Waals surface area contributed by atoms with Gasteiger partial charge in [0, 0.05) is 17.6 Å². The summed E-state index contributed by atoms with van der Waals surface area (Å²) in [5.74, 6) is -3.65. The van der Waals surface area contributed by atoms with Crippen LogP contribution in [0.1, 0.15) is 0 Å². The monoisotopic (exact) mass is 164 g/mol. The van der Waals surface area contributed by atoms with Gasteiger partial charge >= 0.3 is 11.9 Å². The average Bonchev–Trinajstić information content (AvgIpc) is 1.36. The van der Waals surface area contributed by atoms with E-state index in [4.69, 9.17) is 19.8 Å². The van der Waals surface area contributed by atoms with E-state index in [1.165, 1.54) is 0 Å². The van der Waals surface area contributed by atoms with E-state index in [1.807, 2.05) is 0 Å². The van der Waals surface area contributed by atoms with Crippen molar-refractivity contribution in [3.8, 4) is 0 Å². The second kappa shape index (κ2) is 3.67. The number of rotatable bonds is 0. The fraction of sp³-hybridized carbons (Fsp3) is 0. The molecule has 2 N–H and O–H groups in total. The molecule has 5 heteroatoms. The molecule has 0 saturated carbocycles. The summed E-state index contributed by atoms with van der Waals surface area (Å²) >= 11 is 0. The first-order chi connectivity index (χ1) is 2.64. The Morgan fingerprint density at radius 2 is 1.14 bits per heavy atom. The van der Waals surface area contributed by atoms with E-state index in [2.05, 4.69) is 0 Å². The Morgan fingerprint density at radius 3 is 1.14 bits per heavy atom. The van der Waals surface area contributed by atoms with Gasteiger partial charge in [-0.3, -0.25) is 0 Å². The minimum Gasteiger partial charge on any atom is -0.473 e. The van der Waals surface area contributed by atoms with Crippen LogP contribution < -0.4 is 0 Å². The van der Waals surface area contributed by atoms with Crippen LogP contribution in [0.4, 0.5) is 0 Å². The summed E-state index contributed by atoms with van der Waals surface area (Å²) in [6.07, 6.45) is 0. The summed E-state index contributed by atoms with van der Waals surface area (Å²) < 4.78 is 0. The van der Waals surface area contributed by atoms with Crippen LogP contribution in [0.5, 0.6) is 0 Å². The summed E-state index contributed by atoms with van der Waals surface area (Å²) in [5.41, 5.74) is 0. The molecule has 0 atom stereocenters. The first-order valence-electron chi connectivity index (χ1n) is 1.11. The Morgan fingerprint density at radius 1 is 1.00 bits per heavy atom. The molecule has 0 amide bonds. The van der Waals surface area contributed by atoms with Crippen LogP contribution in [0.15, 0.2) is 0 Å². The maximum Gasteiger partial charge on any atom is 0.414 e. The topological polar surface area (TPSA) is 74.6 Å². The molecule has 0 spiro atoms. The van der Waals surface area contributed by atoms with Gasteiger partial charge < -0.3 is 10.2 Å². The molecule has 0 aliphatic carbocycles. The molecule has 0 aliphatic heterocycles. The standard InChI is InChI=1S/C2H2O4.Ge/c3-1(4)2(5)6;/h(H,3,4)(H,5,6);. The second-order valence-electron chi connectivity index (χ2n) is 0.610. The zero-order valence-electron chi connectivity index (χ0n) is 3.21. The summed E-state index contributed by atoms with van der Waals surface area (Å²) in [4.78, 5) is 18.2. The molecule has 0 aromatic heterocycles. The predicted molar refractivity (Wildman–Crippen MR) is 21.0 cm³/mol. The largest absolute Gasteiger partial charge is 0.473 e. The van der Waals surface area contributed by atoms with Crippen LogP contribution >= 0.6 is 0 Å². The van der Waals surface area contributed by atoms with Crippen molar-refractivity contribution in [1.82, 2.24) is 0 Å². The third-order valence-corrected chi connectivity index (χ3v) is 0.183. The van der Waals surface area contributed by atoms with E-state index in [1.54, 1.807) is 0 Å². The Hall–Kier alpha value is -0.517. The molecular formula is C2H2GeO4. The van der Waals surface area contributed by atoms with Gasteiger partial charge in [0.1, 0.15) is 0 Å². The van der Waals surface area contributed by atoms with E-state index in [0.717, 1.165) is 0 Å². The van der Waals surface area contributed by atoms with E-state index >= 15 is 0 Å². The predicted octanol–water partition coefficient (Wildman–Crippen LogP) is -1.23. The minimum absolute atomic E-state index is 0. The van der Waals surface area contributed by atoms with Gasteiger partial charge in [-0.15, -0.1) is 0 Å². The molecule has 0 aliphatic rings. The van der Waals surface area contributed by atoms with Crippen molar-refractivity contribution in [3.63, 3.8) is 0 Å². The molecule has 0 saturated heterocycles. The van der Waals surface area contributed by atoms with Gasteiger partial charge in [-0.25, -0.2) is 9.59 Å². The smallest absolute Gasteiger partial charge is 0.414 e. The van der Waals surface area contributed by atoms with Crippen LogP contribution in [0.2, 0.25) is 0 Å². The van der Waals surface area contributed by atoms with Crippen LogP contribution in [0.25, 0.3) is 0 Å². The van der Waals surface area contributed by atoms with E-state index < -0.39 is 11.9 Å². The number of aliphatic carboxylic acids is 2. The van der Waals surface area contributed by atoms with Crippen molar-refractivity contribution >= 4 is 29.5 Å². The van der Waals surface area contributed by atoms with Crippen molar-refractivity contribution in [2.45, 2.75) is 0 Å². The van der Waals surface area contributed by atoms with Crippen molar-refractivity contribution in [2.24, 2.45) is 0 Å². The van der Waals surface area contributed by atoms with Gasteiger partial charge in [0.25, 0.3) is 0 Å². The van der Waals surface area contributed by atoms with Gasteiger partial charge in [0.15, 0.2) is 0 Å². The first-order valence-corrected chi connectivity index (χ1v) is 1.11.